The van der Waals surface area contributed by atoms with Crippen molar-refractivity contribution in [2.75, 3.05) is 12.3 Å². The van der Waals surface area contributed by atoms with Gasteiger partial charge in [0.2, 0.25) is 5.91 Å². The van der Waals surface area contributed by atoms with E-state index in [1.165, 1.54) is 4.90 Å². The Bertz CT molecular complexity index is 544. The third kappa shape index (κ3) is 3.17. The predicted octanol–water partition coefficient (Wildman–Crippen LogP) is 2.06. The minimum atomic E-state index is -1.07. The van der Waals surface area contributed by atoms with Crippen molar-refractivity contribution in [3.8, 4) is 0 Å². The van der Waals surface area contributed by atoms with E-state index in [1.807, 2.05) is 24.3 Å². The Morgan fingerprint density at radius 3 is 2.71 bits per heavy atom. The minimum Gasteiger partial charge on any atom is -0.480 e. The van der Waals surface area contributed by atoms with Gasteiger partial charge < -0.3 is 15.7 Å². The fourth-order valence-electron chi connectivity index (χ4n) is 2.88. The van der Waals surface area contributed by atoms with Gasteiger partial charge in [0, 0.05) is 18.7 Å². The number of piperidine rings is 1. The van der Waals surface area contributed by atoms with Crippen molar-refractivity contribution in [1.82, 2.24) is 4.90 Å². The molecule has 1 aromatic rings. The summed E-state index contributed by atoms with van der Waals surface area (Å²) in [6, 6.07) is 7.45. The number of carboxylic acids is 1. The first-order valence-electron chi connectivity index (χ1n) is 7.32. The summed E-state index contributed by atoms with van der Waals surface area (Å²) in [5.41, 5.74) is 6.40. The summed E-state index contributed by atoms with van der Waals surface area (Å²) in [5, 5.41) is 9.43. The van der Waals surface area contributed by atoms with Crippen molar-refractivity contribution in [1.29, 1.82) is 0 Å². The Kier molecular flexibility index (Phi) is 4.50. The molecule has 0 aliphatic carbocycles. The number of amides is 1. The Balaban J connectivity index is 2.05. The van der Waals surface area contributed by atoms with Gasteiger partial charge in [-0.05, 0) is 44.2 Å². The van der Waals surface area contributed by atoms with Crippen molar-refractivity contribution >= 4 is 17.6 Å². The van der Waals surface area contributed by atoms with Crippen molar-refractivity contribution in [2.24, 2.45) is 0 Å². The Morgan fingerprint density at radius 2 is 2.05 bits per heavy atom. The topological polar surface area (TPSA) is 83.6 Å². The van der Waals surface area contributed by atoms with Gasteiger partial charge in [-0.3, -0.25) is 4.79 Å². The molecule has 0 spiro atoms. The lowest BCUT2D eigenvalue weighted by atomic mass is 9.88. The number of carbonyl (C=O) groups excluding carboxylic acids is 1. The molecule has 1 heterocycles. The van der Waals surface area contributed by atoms with E-state index in [9.17, 15) is 14.7 Å². The molecular weight excluding hydrogens is 268 g/mol. The lowest BCUT2D eigenvalue weighted by Crippen LogP contribution is -2.57. The Hall–Kier alpha value is -2.04. The molecule has 3 N–H and O–H groups in total. The summed E-state index contributed by atoms with van der Waals surface area (Å²) in [4.78, 5) is 25.5. The molecule has 5 nitrogen and oxygen atoms in total. The van der Waals surface area contributed by atoms with E-state index in [1.54, 1.807) is 6.92 Å². The molecule has 1 saturated heterocycles. The number of para-hydroxylation sites is 1. The van der Waals surface area contributed by atoms with E-state index in [4.69, 9.17) is 5.73 Å². The van der Waals surface area contributed by atoms with Gasteiger partial charge in [0.15, 0.2) is 0 Å². The molecular formula is C16H22N2O3. The lowest BCUT2D eigenvalue weighted by molar-refractivity contribution is -0.160. The largest absolute Gasteiger partial charge is 0.480 e. The number of likely N-dealkylation sites (tertiary alicyclic amines) is 1. The number of nitrogens with two attached hydrogens (primary N) is 1. The van der Waals surface area contributed by atoms with Crippen molar-refractivity contribution in [2.45, 2.75) is 44.6 Å². The third-order valence-electron chi connectivity index (χ3n) is 4.32. The van der Waals surface area contributed by atoms with Crippen molar-refractivity contribution < 1.29 is 14.7 Å². The summed E-state index contributed by atoms with van der Waals surface area (Å²) in [5.74, 6) is -1.03. The van der Waals surface area contributed by atoms with E-state index in [0.717, 1.165) is 18.4 Å². The van der Waals surface area contributed by atoms with Gasteiger partial charge in [0.05, 0.1) is 0 Å². The number of hydrogen-bond acceptors (Lipinski definition) is 3. The number of carboxylic acid groups (broad SMARTS) is 1. The minimum absolute atomic E-state index is 0.108. The maximum atomic E-state index is 12.4. The first-order chi connectivity index (χ1) is 9.95. The standard InChI is InChI=1S/C16H22N2O3/c1-16(15(20)21)10-4-5-11-18(16)14(19)9-8-12-6-2-3-7-13(12)17/h2-3,6-7H,4-5,8-11,17H2,1H3,(H,20,21). The van der Waals surface area contributed by atoms with E-state index >= 15 is 0 Å². The Labute approximate surface area is 124 Å². The molecule has 1 atom stereocenters. The van der Waals surface area contributed by atoms with E-state index < -0.39 is 11.5 Å². The second-order valence-corrected chi connectivity index (χ2v) is 5.78. The number of carbonyl (C=O) groups is 2. The second-order valence-electron chi connectivity index (χ2n) is 5.78. The fourth-order valence-corrected chi connectivity index (χ4v) is 2.88. The summed E-state index contributed by atoms with van der Waals surface area (Å²) in [6.07, 6.45) is 3.05. The van der Waals surface area contributed by atoms with Gasteiger partial charge >= 0.3 is 5.97 Å². The van der Waals surface area contributed by atoms with Crippen LogP contribution in [0.2, 0.25) is 0 Å². The smallest absolute Gasteiger partial charge is 0.329 e. The average Bonchev–Trinajstić information content (AvgIpc) is 2.46. The van der Waals surface area contributed by atoms with Gasteiger partial charge in [0.25, 0.3) is 0 Å². The second kappa shape index (κ2) is 6.16. The van der Waals surface area contributed by atoms with Crippen LogP contribution in [0.3, 0.4) is 0 Å². The molecule has 114 valence electrons. The molecule has 2 rings (SSSR count). The zero-order chi connectivity index (χ0) is 15.5. The van der Waals surface area contributed by atoms with Gasteiger partial charge in [-0.1, -0.05) is 18.2 Å². The number of benzene rings is 1. The molecule has 21 heavy (non-hydrogen) atoms. The van der Waals surface area contributed by atoms with Crippen LogP contribution in [0.25, 0.3) is 0 Å². The summed E-state index contributed by atoms with van der Waals surface area (Å²) in [7, 11) is 0. The third-order valence-corrected chi connectivity index (χ3v) is 4.32. The molecule has 1 amide bonds. The van der Waals surface area contributed by atoms with Crippen LogP contribution in [-0.4, -0.2) is 34.0 Å². The molecule has 0 radical (unpaired) electrons. The first-order valence-corrected chi connectivity index (χ1v) is 7.32. The highest BCUT2D eigenvalue weighted by molar-refractivity contribution is 5.87. The highest BCUT2D eigenvalue weighted by Gasteiger charge is 2.43. The molecule has 0 aromatic heterocycles. The van der Waals surface area contributed by atoms with Gasteiger partial charge in [-0.15, -0.1) is 0 Å². The molecule has 1 fully saturated rings. The number of rotatable bonds is 4. The van der Waals surface area contributed by atoms with Crippen molar-refractivity contribution in [3.63, 3.8) is 0 Å². The van der Waals surface area contributed by atoms with Gasteiger partial charge in [-0.25, -0.2) is 4.79 Å². The quantitative estimate of drug-likeness (QED) is 0.831. The molecule has 5 heteroatoms. The number of anilines is 1. The molecule has 1 unspecified atom stereocenters. The predicted molar refractivity (Wildman–Crippen MR) is 80.8 cm³/mol. The van der Waals surface area contributed by atoms with E-state index in [0.29, 0.717) is 25.1 Å². The number of nitrogen functional groups attached to an aromatic ring is 1. The van der Waals surface area contributed by atoms with Gasteiger partial charge in [-0.2, -0.15) is 0 Å². The maximum Gasteiger partial charge on any atom is 0.329 e. The van der Waals surface area contributed by atoms with Crippen LogP contribution in [-0.2, 0) is 16.0 Å². The summed E-state index contributed by atoms with van der Waals surface area (Å²) >= 11 is 0. The number of aliphatic carboxylic acids is 1. The van der Waals surface area contributed by atoms with Crippen LogP contribution in [0.15, 0.2) is 24.3 Å². The zero-order valence-electron chi connectivity index (χ0n) is 12.3. The normalized spacial score (nSPS) is 22.0. The van der Waals surface area contributed by atoms with E-state index in [-0.39, 0.29) is 12.3 Å². The molecule has 1 aliphatic rings. The lowest BCUT2D eigenvalue weighted by Gasteiger charge is -2.41. The molecule has 0 bridgehead atoms. The van der Waals surface area contributed by atoms with Crippen molar-refractivity contribution in [3.05, 3.63) is 29.8 Å². The number of hydrogen-bond donors (Lipinski definition) is 2. The molecule has 1 aliphatic heterocycles. The number of aryl methyl sites for hydroxylation is 1. The van der Waals surface area contributed by atoms with Crippen LogP contribution in [0.4, 0.5) is 5.69 Å². The monoisotopic (exact) mass is 290 g/mol. The van der Waals surface area contributed by atoms with Crippen LogP contribution >= 0.6 is 0 Å². The fraction of sp³-hybridized carbons (Fsp3) is 0.500. The first kappa shape index (κ1) is 15.4. The summed E-state index contributed by atoms with van der Waals surface area (Å²) in [6.45, 7) is 2.16. The summed E-state index contributed by atoms with van der Waals surface area (Å²) < 4.78 is 0. The van der Waals surface area contributed by atoms with Crippen LogP contribution in [0, 0.1) is 0 Å². The van der Waals surface area contributed by atoms with Crippen LogP contribution in [0.1, 0.15) is 38.2 Å². The van der Waals surface area contributed by atoms with Crippen LogP contribution in [0.5, 0.6) is 0 Å². The zero-order valence-corrected chi connectivity index (χ0v) is 12.3. The van der Waals surface area contributed by atoms with E-state index in [2.05, 4.69) is 0 Å². The molecule has 1 aromatic carbocycles. The Morgan fingerprint density at radius 1 is 1.33 bits per heavy atom. The molecule has 0 saturated carbocycles. The highest BCUT2D eigenvalue weighted by Crippen LogP contribution is 2.29. The maximum absolute atomic E-state index is 12.4. The average molecular weight is 290 g/mol. The SMILES string of the molecule is CC1(C(=O)O)CCCCN1C(=O)CCc1ccccc1N. The van der Waals surface area contributed by atoms with Gasteiger partial charge in [0.1, 0.15) is 5.54 Å². The van der Waals surface area contributed by atoms with Crippen LogP contribution < -0.4 is 5.73 Å². The number of nitrogens with zero attached hydrogens (tertiary/aromatic N) is 1. The highest BCUT2D eigenvalue weighted by atomic mass is 16.4.